The monoisotopic (exact) mass is 462 g/mol. The second-order valence-electron chi connectivity index (χ2n) is 7.45. The van der Waals surface area contributed by atoms with Gasteiger partial charge in [0.25, 0.3) is 0 Å². The van der Waals surface area contributed by atoms with E-state index in [2.05, 4.69) is 25.5 Å². The van der Waals surface area contributed by atoms with E-state index in [-0.39, 0.29) is 17.4 Å². The molecular weight excluding hydrogens is 444 g/mol. The van der Waals surface area contributed by atoms with Gasteiger partial charge >= 0.3 is 11.6 Å². The molecule has 0 aliphatic carbocycles. The lowest BCUT2D eigenvalue weighted by atomic mass is 10.1. The van der Waals surface area contributed by atoms with Crippen molar-refractivity contribution in [2.45, 2.75) is 0 Å². The van der Waals surface area contributed by atoms with Gasteiger partial charge in [-0.25, -0.2) is 4.98 Å². The average Bonchev–Trinajstić information content (AvgIpc) is 2.89. The summed E-state index contributed by atoms with van der Waals surface area (Å²) in [7, 11) is 0. The second-order valence-corrected chi connectivity index (χ2v) is 7.45. The highest BCUT2D eigenvalue weighted by molar-refractivity contribution is 5.84. The molecule has 1 aromatic heterocycles. The number of ether oxygens (including phenoxy) is 1. The highest BCUT2D eigenvalue weighted by Gasteiger charge is 2.25. The van der Waals surface area contributed by atoms with Gasteiger partial charge in [0, 0.05) is 5.69 Å². The number of hydrogen-bond donors (Lipinski definition) is 1. The molecule has 0 atom stereocenters. The molecule has 0 saturated heterocycles. The number of fused-ring (bicyclic) bond motifs is 1. The summed E-state index contributed by atoms with van der Waals surface area (Å²) < 4.78 is 5.79. The topological polar surface area (TPSA) is 115 Å². The van der Waals surface area contributed by atoms with Gasteiger partial charge in [-0.05, 0) is 59.3 Å². The molecule has 0 spiro atoms. The molecule has 4 aromatic carbocycles. The van der Waals surface area contributed by atoms with Crippen molar-refractivity contribution in [3.8, 4) is 11.6 Å². The smallest absolute Gasteiger partial charge is 0.373 e. The third-order valence-corrected chi connectivity index (χ3v) is 5.07. The van der Waals surface area contributed by atoms with Crippen LogP contribution in [0.25, 0.3) is 10.8 Å². The largest absolute Gasteiger partial charge is 0.434 e. The van der Waals surface area contributed by atoms with Crippen LogP contribution < -0.4 is 10.1 Å². The first-order chi connectivity index (χ1) is 17.2. The van der Waals surface area contributed by atoms with E-state index in [9.17, 15) is 10.1 Å². The lowest BCUT2D eigenvalue weighted by Crippen LogP contribution is -2.03. The van der Waals surface area contributed by atoms with E-state index >= 15 is 0 Å². The minimum Gasteiger partial charge on any atom is -0.434 e. The quantitative estimate of drug-likeness (QED) is 0.152. The molecule has 1 heterocycles. The van der Waals surface area contributed by atoms with E-state index in [0.29, 0.717) is 17.1 Å². The van der Waals surface area contributed by atoms with Crippen LogP contribution in [0.2, 0.25) is 0 Å². The van der Waals surface area contributed by atoms with Crippen molar-refractivity contribution in [2.75, 3.05) is 5.32 Å². The molecule has 0 saturated carbocycles. The minimum atomic E-state index is -0.568. The van der Waals surface area contributed by atoms with Gasteiger partial charge in [-0.15, -0.1) is 0 Å². The van der Waals surface area contributed by atoms with Crippen molar-refractivity contribution in [1.82, 2.24) is 9.97 Å². The standard InChI is InChI=1S/C26H18N6O3/c33-32(34)24-25(29-20-11-13-22(14-12-20)31-30-21-8-2-1-3-9-21)27-17-28-26(24)35-23-15-10-18-6-4-5-7-19(18)16-23/h1-17H,(H,27,28,29). The summed E-state index contributed by atoms with van der Waals surface area (Å²) in [5.41, 5.74) is 1.60. The average molecular weight is 462 g/mol. The number of hydrogen-bond acceptors (Lipinski definition) is 8. The molecule has 5 aromatic rings. The lowest BCUT2D eigenvalue weighted by molar-refractivity contribution is -0.385. The molecule has 0 aliphatic heterocycles. The molecule has 35 heavy (non-hydrogen) atoms. The van der Waals surface area contributed by atoms with Crippen LogP contribution in [0.15, 0.2) is 114 Å². The van der Waals surface area contributed by atoms with Crippen molar-refractivity contribution < 1.29 is 9.66 Å². The number of rotatable bonds is 7. The Bertz CT molecular complexity index is 1520. The zero-order valence-electron chi connectivity index (χ0n) is 18.3. The van der Waals surface area contributed by atoms with Crippen LogP contribution in [0.1, 0.15) is 0 Å². The zero-order chi connectivity index (χ0) is 24.0. The van der Waals surface area contributed by atoms with Gasteiger partial charge in [0.2, 0.25) is 5.82 Å². The van der Waals surface area contributed by atoms with Crippen molar-refractivity contribution in [2.24, 2.45) is 10.2 Å². The van der Waals surface area contributed by atoms with E-state index in [1.807, 2.05) is 60.7 Å². The van der Waals surface area contributed by atoms with E-state index in [1.165, 1.54) is 6.33 Å². The molecule has 0 aliphatic rings. The van der Waals surface area contributed by atoms with E-state index in [0.717, 1.165) is 16.5 Å². The van der Waals surface area contributed by atoms with Crippen LogP contribution >= 0.6 is 0 Å². The predicted octanol–water partition coefficient (Wildman–Crippen LogP) is 7.49. The molecule has 0 unspecified atom stereocenters. The molecule has 0 fully saturated rings. The van der Waals surface area contributed by atoms with Crippen molar-refractivity contribution >= 4 is 39.3 Å². The molecule has 9 heteroatoms. The Hall–Kier alpha value is -5.18. The Labute approximate surface area is 199 Å². The highest BCUT2D eigenvalue weighted by Crippen LogP contribution is 2.36. The fraction of sp³-hybridized carbons (Fsp3) is 0. The number of nitrogens with zero attached hydrogens (tertiary/aromatic N) is 5. The van der Waals surface area contributed by atoms with Gasteiger partial charge in [0.1, 0.15) is 12.1 Å². The van der Waals surface area contributed by atoms with Crippen LogP contribution in [0.3, 0.4) is 0 Å². The van der Waals surface area contributed by atoms with Gasteiger partial charge in [-0.2, -0.15) is 15.2 Å². The summed E-state index contributed by atoms with van der Waals surface area (Å²) in [6.45, 7) is 0. The summed E-state index contributed by atoms with van der Waals surface area (Å²) in [5, 5.41) is 25.2. The van der Waals surface area contributed by atoms with Crippen LogP contribution in [-0.4, -0.2) is 14.9 Å². The minimum absolute atomic E-state index is 0.0134. The number of nitro groups is 1. The SMILES string of the molecule is O=[N+]([O-])c1c(Nc2ccc(N=Nc3ccccc3)cc2)ncnc1Oc1ccc2ccccc2c1. The second kappa shape index (κ2) is 9.75. The fourth-order valence-electron chi connectivity index (χ4n) is 3.39. The number of benzene rings is 4. The van der Waals surface area contributed by atoms with Crippen LogP contribution in [-0.2, 0) is 0 Å². The van der Waals surface area contributed by atoms with Crippen LogP contribution in [0.4, 0.5) is 28.6 Å². The zero-order valence-corrected chi connectivity index (χ0v) is 18.3. The van der Waals surface area contributed by atoms with Crippen LogP contribution in [0.5, 0.6) is 11.6 Å². The Morgan fingerprint density at radius 2 is 1.46 bits per heavy atom. The van der Waals surface area contributed by atoms with Gasteiger partial charge in [-0.1, -0.05) is 48.5 Å². The Kier molecular flexibility index (Phi) is 6.03. The number of nitrogens with one attached hydrogen (secondary N) is 1. The summed E-state index contributed by atoms with van der Waals surface area (Å²) in [6.07, 6.45) is 1.22. The number of azo groups is 1. The molecule has 0 amide bonds. The highest BCUT2D eigenvalue weighted by atomic mass is 16.6. The maximum absolute atomic E-state index is 11.9. The molecule has 0 bridgehead atoms. The number of aromatic nitrogens is 2. The fourth-order valence-corrected chi connectivity index (χ4v) is 3.39. The van der Waals surface area contributed by atoms with Gasteiger partial charge in [0.05, 0.1) is 16.3 Å². The predicted molar refractivity (Wildman–Crippen MR) is 133 cm³/mol. The maximum Gasteiger partial charge on any atom is 0.373 e. The lowest BCUT2D eigenvalue weighted by Gasteiger charge is -2.10. The van der Waals surface area contributed by atoms with Crippen molar-refractivity contribution in [3.63, 3.8) is 0 Å². The number of anilines is 2. The van der Waals surface area contributed by atoms with Gasteiger partial charge in [0.15, 0.2) is 0 Å². The third-order valence-electron chi connectivity index (χ3n) is 5.07. The molecule has 5 rings (SSSR count). The molecule has 9 nitrogen and oxygen atoms in total. The molecule has 1 N–H and O–H groups in total. The van der Waals surface area contributed by atoms with E-state index < -0.39 is 4.92 Å². The maximum atomic E-state index is 11.9. The van der Waals surface area contributed by atoms with Gasteiger partial charge < -0.3 is 10.1 Å². The Morgan fingerprint density at radius 1 is 0.771 bits per heavy atom. The van der Waals surface area contributed by atoms with E-state index in [1.54, 1.807) is 36.4 Å². The molecule has 170 valence electrons. The Balaban J connectivity index is 1.37. The first-order valence-electron chi connectivity index (χ1n) is 10.7. The Morgan fingerprint density at radius 3 is 2.20 bits per heavy atom. The summed E-state index contributed by atoms with van der Waals surface area (Å²) in [4.78, 5) is 19.4. The normalized spacial score (nSPS) is 11.0. The van der Waals surface area contributed by atoms with Crippen molar-refractivity contribution in [3.05, 3.63) is 114 Å². The van der Waals surface area contributed by atoms with Crippen LogP contribution in [0, 0.1) is 10.1 Å². The molecule has 0 radical (unpaired) electrons. The summed E-state index contributed by atoms with van der Waals surface area (Å²) in [6, 6.07) is 29.5. The summed E-state index contributed by atoms with van der Waals surface area (Å²) >= 11 is 0. The first kappa shape index (κ1) is 21.7. The third kappa shape index (κ3) is 5.09. The first-order valence-corrected chi connectivity index (χ1v) is 10.7. The summed E-state index contributed by atoms with van der Waals surface area (Å²) in [5.74, 6) is 0.292. The van der Waals surface area contributed by atoms with Gasteiger partial charge in [-0.3, -0.25) is 10.1 Å². The molecular formula is C26H18N6O3. The van der Waals surface area contributed by atoms with E-state index in [4.69, 9.17) is 4.74 Å². The van der Waals surface area contributed by atoms with Crippen molar-refractivity contribution in [1.29, 1.82) is 0 Å².